The summed E-state index contributed by atoms with van der Waals surface area (Å²) in [6, 6.07) is 6.02. The molecule has 0 saturated carbocycles. The van der Waals surface area contributed by atoms with Crippen molar-refractivity contribution in [2.75, 3.05) is 0 Å². The molecule has 1 atom stereocenters. The van der Waals surface area contributed by atoms with Crippen LogP contribution in [0.25, 0.3) is 0 Å². The van der Waals surface area contributed by atoms with Crippen LogP contribution in [0.1, 0.15) is 49.5 Å². The zero-order valence-electron chi connectivity index (χ0n) is 10.9. The number of hydrogen-bond donors (Lipinski definition) is 2. The third kappa shape index (κ3) is 2.56. The second-order valence-corrected chi connectivity index (χ2v) is 5.79. The summed E-state index contributed by atoms with van der Waals surface area (Å²) in [5.41, 5.74) is 2.60. The number of hydrogen-bond acceptors (Lipinski definition) is 2. The number of fused-ring (bicyclic) bond motifs is 1. The summed E-state index contributed by atoms with van der Waals surface area (Å²) >= 11 is 0. The van der Waals surface area contributed by atoms with E-state index in [0.717, 1.165) is 18.4 Å². The third-order valence-corrected chi connectivity index (χ3v) is 3.79. The Balaban J connectivity index is 2.14. The van der Waals surface area contributed by atoms with Crippen LogP contribution >= 0.6 is 0 Å². The Hall–Kier alpha value is -1.35. The van der Waals surface area contributed by atoms with E-state index in [2.05, 4.69) is 6.07 Å². The predicted molar refractivity (Wildman–Crippen MR) is 69.5 cm³/mol. The molecule has 18 heavy (non-hydrogen) atoms. The van der Waals surface area contributed by atoms with Crippen molar-refractivity contribution in [2.24, 2.45) is 5.41 Å². The molecule has 2 N–H and O–H groups in total. The van der Waals surface area contributed by atoms with Gasteiger partial charge in [0, 0.05) is 0 Å². The Kier molecular flexibility index (Phi) is 3.44. The van der Waals surface area contributed by atoms with Gasteiger partial charge in [-0.25, -0.2) is 0 Å². The smallest absolute Gasteiger partial charge is 0.309 e. The Bertz CT molecular complexity index is 463. The van der Waals surface area contributed by atoms with E-state index in [9.17, 15) is 9.90 Å². The molecule has 0 aliphatic heterocycles. The maximum absolute atomic E-state index is 11.1. The zero-order chi connectivity index (χ0) is 13.3. The van der Waals surface area contributed by atoms with E-state index < -0.39 is 17.5 Å². The molecule has 0 fully saturated rings. The Morgan fingerprint density at radius 3 is 2.67 bits per heavy atom. The molecule has 0 bridgehead atoms. The van der Waals surface area contributed by atoms with Crippen molar-refractivity contribution < 1.29 is 15.0 Å². The SMILES string of the molecule is CC(C)(CC(O)c1ccc2c(c1)CCC2)C(=O)O. The topological polar surface area (TPSA) is 57.5 Å². The summed E-state index contributed by atoms with van der Waals surface area (Å²) in [6.45, 7) is 3.29. The number of carboxylic acid groups (broad SMARTS) is 1. The minimum absolute atomic E-state index is 0.237. The van der Waals surface area contributed by atoms with Crippen molar-refractivity contribution in [1.29, 1.82) is 0 Å². The maximum Gasteiger partial charge on any atom is 0.309 e. The minimum Gasteiger partial charge on any atom is -0.481 e. The lowest BCUT2D eigenvalue weighted by Crippen LogP contribution is -2.26. The largest absolute Gasteiger partial charge is 0.481 e. The fourth-order valence-corrected chi connectivity index (χ4v) is 2.49. The van der Waals surface area contributed by atoms with Gasteiger partial charge < -0.3 is 10.2 Å². The Labute approximate surface area is 107 Å². The van der Waals surface area contributed by atoms with Crippen LogP contribution in [0.3, 0.4) is 0 Å². The molecule has 0 aromatic heterocycles. The van der Waals surface area contributed by atoms with Crippen LogP contribution in [0.4, 0.5) is 0 Å². The number of aliphatic hydroxyl groups is 1. The molecule has 1 aromatic rings. The highest BCUT2D eigenvalue weighted by Gasteiger charge is 2.30. The van der Waals surface area contributed by atoms with Crippen LogP contribution in [0.15, 0.2) is 18.2 Å². The van der Waals surface area contributed by atoms with Gasteiger partial charge in [0.05, 0.1) is 11.5 Å². The van der Waals surface area contributed by atoms with E-state index in [0.29, 0.717) is 0 Å². The van der Waals surface area contributed by atoms with Crippen molar-refractivity contribution >= 4 is 5.97 Å². The summed E-state index contributed by atoms with van der Waals surface area (Å²) in [5, 5.41) is 19.3. The maximum atomic E-state index is 11.1. The molecular formula is C15H20O3. The van der Waals surface area contributed by atoms with Crippen molar-refractivity contribution in [2.45, 2.75) is 45.6 Å². The van der Waals surface area contributed by atoms with E-state index in [4.69, 9.17) is 5.11 Å². The van der Waals surface area contributed by atoms with Gasteiger partial charge in [-0.15, -0.1) is 0 Å². The summed E-state index contributed by atoms with van der Waals surface area (Å²) in [6.07, 6.45) is 2.89. The number of rotatable bonds is 4. The van der Waals surface area contributed by atoms with Crippen LogP contribution < -0.4 is 0 Å². The minimum atomic E-state index is -0.904. The van der Waals surface area contributed by atoms with E-state index in [-0.39, 0.29) is 6.42 Å². The number of aliphatic carboxylic acids is 1. The summed E-state index contributed by atoms with van der Waals surface area (Å²) in [7, 11) is 0. The Morgan fingerprint density at radius 2 is 2.00 bits per heavy atom. The molecule has 1 aliphatic carbocycles. The monoisotopic (exact) mass is 248 g/mol. The van der Waals surface area contributed by atoms with Gasteiger partial charge >= 0.3 is 5.97 Å². The first-order valence-corrected chi connectivity index (χ1v) is 6.43. The standard InChI is InChI=1S/C15H20O3/c1-15(2,14(17)18)9-13(16)12-7-6-10-4-3-5-11(10)8-12/h6-8,13,16H,3-5,9H2,1-2H3,(H,17,18). The van der Waals surface area contributed by atoms with Gasteiger partial charge in [-0.3, -0.25) is 4.79 Å². The second kappa shape index (κ2) is 4.73. The number of carbonyl (C=O) groups is 1. The zero-order valence-corrected chi connectivity index (χ0v) is 10.9. The first-order chi connectivity index (χ1) is 8.40. The van der Waals surface area contributed by atoms with Crippen LogP contribution in [-0.2, 0) is 17.6 Å². The molecule has 0 spiro atoms. The van der Waals surface area contributed by atoms with Crippen LogP contribution in [0.5, 0.6) is 0 Å². The molecular weight excluding hydrogens is 228 g/mol. The number of benzene rings is 1. The van der Waals surface area contributed by atoms with Gasteiger partial charge in [-0.05, 0) is 56.2 Å². The van der Waals surface area contributed by atoms with E-state index in [1.165, 1.54) is 17.5 Å². The second-order valence-electron chi connectivity index (χ2n) is 5.79. The van der Waals surface area contributed by atoms with Crippen LogP contribution in [-0.4, -0.2) is 16.2 Å². The summed E-state index contributed by atoms with van der Waals surface area (Å²) < 4.78 is 0. The number of carboxylic acids is 1. The molecule has 0 radical (unpaired) electrons. The van der Waals surface area contributed by atoms with Crippen molar-refractivity contribution in [3.05, 3.63) is 34.9 Å². The normalized spacial score (nSPS) is 16.4. The highest BCUT2D eigenvalue weighted by atomic mass is 16.4. The molecule has 1 aromatic carbocycles. The first kappa shape index (κ1) is 13.1. The third-order valence-electron chi connectivity index (χ3n) is 3.79. The molecule has 3 heteroatoms. The number of aliphatic hydroxyl groups excluding tert-OH is 1. The molecule has 1 unspecified atom stereocenters. The predicted octanol–water partition coefficient (Wildman–Crippen LogP) is 2.71. The fraction of sp³-hybridized carbons (Fsp3) is 0.533. The van der Waals surface area contributed by atoms with Gasteiger partial charge in [0.1, 0.15) is 0 Å². The van der Waals surface area contributed by atoms with Gasteiger partial charge in [0.25, 0.3) is 0 Å². The van der Waals surface area contributed by atoms with Crippen molar-refractivity contribution in [3.8, 4) is 0 Å². The average molecular weight is 248 g/mol. The highest BCUT2D eigenvalue weighted by Crippen LogP contribution is 2.32. The van der Waals surface area contributed by atoms with E-state index in [1.54, 1.807) is 13.8 Å². The molecule has 0 saturated heterocycles. The lowest BCUT2D eigenvalue weighted by atomic mass is 9.84. The van der Waals surface area contributed by atoms with Crippen LogP contribution in [0, 0.1) is 5.41 Å². The molecule has 1 aliphatic rings. The molecule has 98 valence electrons. The lowest BCUT2D eigenvalue weighted by Gasteiger charge is -2.23. The average Bonchev–Trinajstić information content (AvgIpc) is 2.74. The molecule has 3 nitrogen and oxygen atoms in total. The van der Waals surface area contributed by atoms with Gasteiger partial charge in [-0.2, -0.15) is 0 Å². The molecule has 0 amide bonds. The van der Waals surface area contributed by atoms with Crippen molar-refractivity contribution in [1.82, 2.24) is 0 Å². The van der Waals surface area contributed by atoms with E-state index in [1.807, 2.05) is 12.1 Å². The molecule has 0 heterocycles. The fourth-order valence-electron chi connectivity index (χ4n) is 2.49. The summed E-state index contributed by atoms with van der Waals surface area (Å²) in [4.78, 5) is 11.1. The van der Waals surface area contributed by atoms with Gasteiger partial charge in [0.2, 0.25) is 0 Å². The highest BCUT2D eigenvalue weighted by molar-refractivity contribution is 5.73. The number of aryl methyl sites for hydroxylation is 2. The quantitative estimate of drug-likeness (QED) is 0.861. The van der Waals surface area contributed by atoms with Gasteiger partial charge in [-0.1, -0.05) is 18.2 Å². The van der Waals surface area contributed by atoms with Gasteiger partial charge in [0.15, 0.2) is 0 Å². The first-order valence-electron chi connectivity index (χ1n) is 6.43. The summed E-state index contributed by atoms with van der Waals surface area (Å²) in [5.74, 6) is -0.872. The molecule has 2 rings (SSSR count). The van der Waals surface area contributed by atoms with Crippen LogP contribution in [0.2, 0.25) is 0 Å². The lowest BCUT2D eigenvalue weighted by molar-refractivity contribution is -0.148. The Morgan fingerprint density at radius 1 is 1.33 bits per heavy atom. The van der Waals surface area contributed by atoms with Crippen molar-refractivity contribution in [3.63, 3.8) is 0 Å². The van der Waals surface area contributed by atoms with E-state index >= 15 is 0 Å².